The molecule has 9 N–H and O–H groups in total. The highest BCUT2D eigenvalue weighted by molar-refractivity contribution is 5.97. The summed E-state index contributed by atoms with van der Waals surface area (Å²) in [7, 11) is 0. The van der Waals surface area contributed by atoms with Crippen molar-refractivity contribution in [1.82, 2.24) is 15.3 Å². The number of aliphatic carboxylic acids is 2. The standard InChI is InChI=1S/C20H25N7O6/c1-20(9-23-15-14(27-20)17(31)26-19(21)25-15)8-22-11-4-2-10(3-5-11)16(30)24-12(18(32)33)6-7-13(28)29/h2-5,12,22,27H,6-9H2,1H3,(H,24,30)(H,28,29)(H,32,33)(H4,21,23,25,26,31). The molecule has 3 rings (SSSR count). The quantitative estimate of drug-likeness (QED) is 0.252. The Kier molecular flexibility index (Phi) is 6.70. The lowest BCUT2D eigenvalue weighted by atomic mass is 9.99. The molecule has 0 spiro atoms. The van der Waals surface area contributed by atoms with Crippen molar-refractivity contribution in [3.05, 3.63) is 40.2 Å². The van der Waals surface area contributed by atoms with Crippen molar-refractivity contribution < 1.29 is 24.6 Å². The Balaban J connectivity index is 1.59. The maximum absolute atomic E-state index is 12.3. The zero-order chi connectivity index (χ0) is 24.2. The molecule has 0 saturated carbocycles. The number of nitrogens with one attached hydrogen (secondary N) is 5. The van der Waals surface area contributed by atoms with Gasteiger partial charge in [-0.2, -0.15) is 4.98 Å². The third kappa shape index (κ3) is 5.90. The second-order valence-electron chi connectivity index (χ2n) is 7.94. The van der Waals surface area contributed by atoms with Gasteiger partial charge >= 0.3 is 11.9 Å². The molecule has 0 fully saturated rings. The minimum atomic E-state index is -1.30. The molecule has 1 aliphatic heterocycles. The number of nitrogens with two attached hydrogens (primary N) is 1. The van der Waals surface area contributed by atoms with Crippen LogP contribution in [-0.4, -0.2) is 62.7 Å². The largest absolute Gasteiger partial charge is 0.481 e. The van der Waals surface area contributed by atoms with Crippen LogP contribution in [0.5, 0.6) is 0 Å². The number of anilines is 4. The monoisotopic (exact) mass is 459 g/mol. The SMILES string of the molecule is CC1(CNc2ccc(C(=O)NC(CCC(=O)O)C(=O)O)cc2)CNc2nc(N)[nH]c(=O)c2N1. The number of aromatic nitrogens is 2. The third-order valence-electron chi connectivity index (χ3n) is 5.09. The summed E-state index contributed by atoms with van der Waals surface area (Å²) in [6, 6.07) is 5.06. The summed E-state index contributed by atoms with van der Waals surface area (Å²) in [6.07, 6.45) is -0.592. The first-order valence-corrected chi connectivity index (χ1v) is 10.1. The van der Waals surface area contributed by atoms with E-state index in [9.17, 15) is 24.3 Å². The highest BCUT2D eigenvalue weighted by Gasteiger charge is 2.31. The van der Waals surface area contributed by atoms with Crippen LogP contribution in [0.25, 0.3) is 0 Å². The molecule has 0 aliphatic carbocycles. The number of amides is 1. The van der Waals surface area contributed by atoms with Gasteiger partial charge in [-0.25, -0.2) is 4.79 Å². The summed E-state index contributed by atoms with van der Waals surface area (Å²) in [4.78, 5) is 52.9. The van der Waals surface area contributed by atoms with Crippen LogP contribution in [0.2, 0.25) is 0 Å². The van der Waals surface area contributed by atoms with E-state index >= 15 is 0 Å². The number of carbonyl (C=O) groups is 3. The molecular formula is C20H25N7O6. The van der Waals surface area contributed by atoms with E-state index in [1.807, 2.05) is 6.92 Å². The first kappa shape index (κ1) is 23.4. The van der Waals surface area contributed by atoms with Crippen LogP contribution in [0, 0.1) is 0 Å². The molecule has 13 heteroatoms. The number of carbonyl (C=O) groups excluding carboxylic acids is 1. The zero-order valence-corrected chi connectivity index (χ0v) is 17.8. The Morgan fingerprint density at radius 2 is 1.94 bits per heavy atom. The molecule has 1 amide bonds. The number of benzene rings is 1. The van der Waals surface area contributed by atoms with Gasteiger partial charge in [0.25, 0.3) is 11.5 Å². The molecule has 1 aromatic heterocycles. The molecule has 2 atom stereocenters. The molecule has 0 saturated heterocycles. The van der Waals surface area contributed by atoms with E-state index in [2.05, 4.69) is 31.2 Å². The van der Waals surface area contributed by atoms with E-state index in [1.54, 1.807) is 12.1 Å². The highest BCUT2D eigenvalue weighted by atomic mass is 16.4. The summed E-state index contributed by atoms with van der Waals surface area (Å²) in [6.45, 7) is 2.80. The second kappa shape index (κ2) is 9.46. The molecule has 176 valence electrons. The number of carboxylic acid groups (broad SMARTS) is 2. The molecule has 1 aliphatic rings. The van der Waals surface area contributed by atoms with Gasteiger partial charge in [-0.15, -0.1) is 0 Å². The van der Waals surface area contributed by atoms with Crippen molar-refractivity contribution in [3.8, 4) is 0 Å². The molecule has 1 aromatic carbocycles. The van der Waals surface area contributed by atoms with Gasteiger partial charge in [-0.3, -0.25) is 19.4 Å². The van der Waals surface area contributed by atoms with Gasteiger partial charge in [-0.1, -0.05) is 0 Å². The number of aromatic amines is 1. The summed E-state index contributed by atoms with van der Waals surface area (Å²) in [5.41, 5.74) is 5.87. The lowest BCUT2D eigenvalue weighted by molar-refractivity contribution is -0.140. The van der Waals surface area contributed by atoms with Crippen LogP contribution in [0.15, 0.2) is 29.1 Å². The van der Waals surface area contributed by atoms with Gasteiger partial charge in [0.15, 0.2) is 5.82 Å². The number of rotatable bonds is 9. The third-order valence-corrected chi connectivity index (χ3v) is 5.09. The smallest absolute Gasteiger partial charge is 0.326 e. The first-order valence-electron chi connectivity index (χ1n) is 10.1. The number of H-pyrrole nitrogens is 1. The number of nitrogens with zero attached hydrogens (tertiary/aromatic N) is 1. The number of nitrogen functional groups attached to an aromatic ring is 1. The second-order valence-corrected chi connectivity index (χ2v) is 7.94. The van der Waals surface area contributed by atoms with Gasteiger partial charge in [0.05, 0.1) is 5.54 Å². The fraction of sp³-hybridized carbons (Fsp3) is 0.350. The van der Waals surface area contributed by atoms with Gasteiger partial charge in [0.2, 0.25) is 5.95 Å². The Morgan fingerprint density at radius 3 is 2.58 bits per heavy atom. The van der Waals surface area contributed by atoms with Crippen molar-refractivity contribution in [2.24, 2.45) is 0 Å². The minimum absolute atomic E-state index is 0.0236. The number of hydrogen-bond acceptors (Lipinski definition) is 9. The Labute approximate surface area is 187 Å². The Morgan fingerprint density at radius 1 is 1.24 bits per heavy atom. The van der Waals surface area contributed by atoms with Crippen LogP contribution in [0.1, 0.15) is 30.1 Å². The zero-order valence-electron chi connectivity index (χ0n) is 17.8. The van der Waals surface area contributed by atoms with Crippen LogP contribution >= 0.6 is 0 Å². The summed E-state index contributed by atoms with van der Waals surface area (Å²) in [5.74, 6) is -2.66. The van der Waals surface area contributed by atoms with E-state index < -0.39 is 29.4 Å². The van der Waals surface area contributed by atoms with E-state index in [1.165, 1.54) is 12.1 Å². The molecule has 0 radical (unpaired) electrons. The van der Waals surface area contributed by atoms with Crippen molar-refractivity contribution in [2.75, 3.05) is 34.8 Å². The molecular weight excluding hydrogens is 434 g/mol. The van der Waals surface area contributed by atoms with Crippen LogP contribution in [0.4, 0.5) is 23.1 Å². The van der Waals surface area contributed by atoms with Gasteiger partial charge in [-0.05, 0) is 37.6 Å². The van der Waals surface area contributed by atoms with Crippen molar-refractivity contribution >= 4 is 41.0 Å². The molecule has 33 heavy (non-hydrogen) atoms. The molecule has 2 unspecified atom stereocenters. The highest BCUT2D eigenvalue weighted by Crippen LogP contribution is 2.25. The predicted molar refractivity (Wildman–Crippen MR) is 120 cm³/mol. The molecule has 0 bridgehead atoms. The van der Waals surface area contributed by atoms with Crippen molar-refractivity contribution in [1.29, 1.82) is 0 Å². The number of fused-ring (bicyclic) bond motifs is 1. The van der Waals surface area contributed by atoms with Crippen molar-refractivity contribution in [2.45, 2.75) is 31.3 Å². The van der Waals surface area contributed by atoms with Gasteiger partial charge in [0, 0.05) is 30.8 Å². The Bertz CT molecular complexity index is 1120. The topological polar surface area (TPSA) is 212 Å². The summed E-state index contributed by atoms with van der Waals surface area (Å²) < 4.78 is 0. The fourth-order valence-electron chi connectivity index (χ4n) is 3.27. The normalized spacial score (nSPS) is 17.6. The minimum Gasteiger partial charge on any atom is -0.481 e. The van der Waals surface area contributed by atoms with Crippen LogP contribution in [-0.2, 0) is 9.59 Å². The lowest BCUT2D eigenvalue weighted by Gasteiger charge is -2.37. The maximum atomic E-state index is 12.3. The summed E-state index contributed by atoms with van der Waals surface area (Å²) in [5, 5.41) is 29.7. The van der Waals surface area contributed by atoms with Crippen LogP contribution < -0.4 is 32.6 Å². The molecule has 2 heterocycles. The Hall–Kier alpha value is -4.29. The fourth-order valence-corrected chi connectivity index (χ4v) is 3.27. The van der Waals surface area contributed by atoms with Crippen molar-refractivity contribution in [3.63, 3.8) is 0 Å². The van der Waals surface area contributed by atoms with Gasteiger partial charge in [0.1, 0.15) is 11.7 Å². The maximum Gasteiger partial charge on any atom is 0.326 e. The summed E-state index contributed by atoms with van der Waals surface area (Å²) >= 11 is 0. The number of hydrogen-bond donors (Lipinski definition) is 8. The average molecular weight is 459 g/mol. The van der Waals surface area contributed by atoms with E-state index in [0.717, 1.165) is 0 Å². The van der Waals surface area contributed by atoms with Gasteiger partial charge < -0.3 is 37.2 Å². The van der Waals surface area contributed by atoms with E-state index in [4.69, 9.17) is 10.8 Å². The average Bonchev–Trinajstić information content (AvgIpc) is 2.76. The molecule has 13 nitrogen and oxygen atoms in total. The van der Waals surface area contributed by atoms with Crippen LogP contribution in [0.3, 0.4) is 0 Å². The number of carboxylic acids is 2. The predicted octanol–water partition coefficient (Wildman–Crippen LogP) is 0.108. The van der Waals surface area contributed by atoms with E-state index in [0.29, 0.717) is 30.3 Å². The van der Waals surface area contributed by atoms with E-state index in [-0.39, 0.29) is 29.9 Å². The first-order chi connectivity index (χ1) is 15.6. The lowest BCUT2D eigenvalue weighted by Crippen LogP contribution is -2.52. The molecule has 2 aromatic rings.